The Morgan fingerprint density at radius 1 is 1.44 bits per heavy atom. The van der Waals surface area contributed by atoms with Gasteiger partial charge >= 0.3 is 11.9 Å². The van der Waals surface area contributed by atoms with E-state index in [4.69, 9.17) is 14.2 Å². The SMILES string of the molecule is CCOC(=O)[C@@]1(CC)C[C@@H](OCC)OC1=O. The Balaban J connectivity index is 2.80. The van der Waals surface area contributed by atoms with Crippen molar-refractivity contribution in [2.24, 2.45) is 5.41 Å². The van der Waals surface area contributed by atoms with Gasteiger partial charge in [0.2, 0.25) is 6.29 Å². The van der Waals surface area contributed by atoms with Crippen molar-refractivity contribution in [1.29, 1.82) is 0 Å². The van der Waals surface area contributed by atoms with Crippen molar-refractivity contribution >= 4 is 11.9 Å². The van der Waals surface area contributed by atoms with E-state index in [0.717, 1.165) is 0 Å². The van der Waals surface area contributed by atoms with E-state index in [2.05, 4.69) is 0 Å². The molecule has 5 nitrogen and oxygen atoms in total. The fraction of sp³-hybridized carbons (Fsp3) is 0.818. The Morgan fingerprint density at radius 3 is 2.62 bits per heavy atom. The minimum atomic E-state index is -1.17. The highest BCUT2D eigenvalue weighted by molar-refractivity contribution is 6.01. The van der Waals surface area contributed by atoms with Gasteiger partial charge < -0.3 is 14.2 Å². The lowest BCUT2D eigenvalue weighted by Crippen LogP contribution is -2.36. The number of hydrogen-bond acceptors (Lipinski definition) is 5. The third-order valence-corrected chi connectivity index (χ3v) is 2.77. The average Bonchev–Trinajstić information content (AvgIpc) is 2.57. The van der Waals surface area contributed by atoms with Gasteiger partial charge in [-0.3, -0.25) is 9.59 Å². The van der Waals surface area contributed by atoms with Gasteiger partial charge in [-0.25, -0.2) is 0 Å². The zero-order valence-electron chi connectivity index (χ0n) is 9.95. The summed E-state index contributed by atoms with van der Waals surface area (Å²) in [5.41, 5.74) is -1.17. The van der Waals surface area contributed by atoms with Crippen LogP contribution in [0.3, 0.4) is 0 Å². The van der Waals surface area contributed by atoms with Crippen molar-refractivity contribution in [2.45, 2.75) is 39.9 Å². The van der Waals surface area contributed by atoms with Crippen LogP contribution in [0.5, 0.6) is 0 Å². The zero-order valence-corrected chi connectivity index (χ0v) is 9.95. The zero-order chi connectivity index (χ0) is 12.2. The standard InChI is InChI=1S/C11H18O5/c1-4-11(9(12)15-6-3)7-8(14-5-2)16-10(11)13/h8H,4-7H2,1-3H3/t8-,11+/m0/s1. The molecule has 92 valence electrons. The lowest BCUT2D eigenvalue weighted by atomic mass is 9.83. The molecule has 0 saturated carbocycles. The Kier molecular flexibility index (Phi) is 4.29. The third kappa shape index (κ3) is 2.19. The summed E-state index contributed by atoms with van der Waals surface area (Å²) in [6, 6.07) is 0. The maximum Gasteiger partial charge on any atom is 0.326 e. The molecule has 0 spiro atoms. The molecule has 0 radical (unpaired) electrons. The van der Waals surface area contributed by atoms with E-state index in [1.807, 2.05) is 6.92 Å². The number of hydrogen-bond donors (Lipinski definition) is 0. The monoisotopic (exact) mass is 230 g/mol. The van der Waals surface area contributed by atoms with Crippen molar-refractivity contribution in [3.8, 4) is 0 Å². The maximum absolute atomic E-state index is 11.8. The summed E-state index contributed by atoms with van der Waals surface area (Å²) in [4.78, 5) is 23.5. The van der Waals surface area contributed by atoms with Crippen molar-refractivity contribution in [3.05, 3.63) is 0 Å². The van der Waals surface area contributed by atoms with E-state index >= 15 is 0 Å². The molecular formula is C11H18O5. The second-order valence-corrected chi connectivity index (χ2v) is 3.65. The Labute approximate surface area is 95.0 Å². The van der Waals surface area contributed by atoms with Crippen LogP contribution >= 0.6 is 0 Å². The molecule has 16 heavy (non-hydrogen) atoms. The molecule has 5 heteroatoms. The van der Waals surface area contributed by atoms with Crippen molar-refractivity contribution in [3.63, 3.8) is 0 Å². The molecule has 0 bridgehead atoms. The molecule has 1 rings (SSSR count). The van der Waals surface area contributed by atoms with Gasteiger partial charge in [-0.15, -0.1) is 0 Å². The quantitative estimate of drug-likeness (QED) is 0.525. The molecule has 1 fully saturated rings. The van der Waals surface area contributed by atoms with Crippen LogP contribution in [-0.4, -0.2) is 31.4 Å². The highest BCUT2D eigenvalue weighted by Gasteiger charge is 2.55. The fourth-order valence-electron chi connectivity index (χ4n) is 1.79. The van der Waals surface area contributed by atoms with Crippen LogP contribution < -0.4 is 0 Å². The normalized spacial score (nSPS) is 28.9. The fourth-order valence-corrected chi connectivity index (χ4v) is 1.79. The molecule has 0 aromatic heterocycles. The molecule has 1 aliphatic heterocycles. The highest BCUT2D eigenvalue weighted by atomic mass is 16.7. The Hall–Kier alpha value is -1.10. The summed E-state index contributed by atoms with van der Waals surface area (Å²) in [5, 5.41) is 0. The minimum Gasteiger partial charge on any atom is -0.465 e. The molecule has 0 aliphatic carbocycles. The number of carbonyl (C=O) groups excluding carboxylic acids is 2. The second kappa shape index (κ2) is 5.30. The molecule has 0 amide bonds. The number of cyclic esters (lactones) is 1. The number of carbonyl (C=O) groups is 2. The van der Waals surface area contributed by atoms with Gasteiger partial charge in [0.05, 0.1) is 6.61 Å². The Morgan fingerprint density at radius 2 is 2.12 bits per heavy atom. The van der Waals surface area contributed by atoms with Crippen LogP contribution in [-0.2, 0) is 23.8 Å². The van der Waals surface area contributed by atoms with Crippen molar-refractivity contribution in [2.75, 3.05) is 13.2 Å². The largest absolute Gasteiger partial charge is 0.465 e. The molecule has 1 aliphatic rings. The van der Waals surface area contributed by atoms with E-state index < -0.39 is 23.6 Å². The van der Waals surface area contributed by atoms with E-state index in [0.29, 0.717) is 13.0 Å². The van der Waals surface area contributed by atoms with Crippen molar-refractivity contribution < 1.29 is 23.8 Å². The van der Waals surface area contributed by atoms with Crippen LogP contribution in [0.2, 0.25) is 0 Å². The van der Waals surface area contributed by atoms with E-state index in [9.17, 15) is 9.59 Å². The predicted molar refractivity (Wildman–Crippen MR) is 55.5 cm³/mol. The molecular weight excluding hydrogens is 212 g/mol. The van der Waals surface area contributed by atoms with Gasteiger partial charge in [0.15, 0.2) is 5.41 Å². The molecule has 0 aromatic carbocycles. The molecule has 0 aromatic rings. The van der Waals surface area contributed by atoms with Gasteiger partial charge in [0, 0.05) is 13.0 Å². The third-order valence-electron chi connectivity index (χ3n) is 2.77. The number of ether oxygens (including phenoxy) is 3. The van der Waals surface area contributed by atoms with Gasteiger partial charge in [-0.1, -0.05) is 6.92 Å². The van der Waals surface area contributed by atoms with Gasteiger partial charge in [0.25, 0.3) is 0 Å². The van der Waals surface area contributed by atoms with E-state index in [-0.39, 0.29) is 13.0 Å². The first-order valence-electron chi connectivity index (χ1n) is 5.60. The summed E-state index contributed by atoms with van der Waals surface area (Å²) in [6.07, 6.45) is -0.00895. The number of rotatable bonds is 5. The molecule has 2 atom stereocenters. The van der Waals surface area contributed by atoms with Crippen LogP contribution in [0, 0.1) is 5.41 Å². The van der Waals surface area contributed by atoms with Gasteiger partial charge in [0.1, 0.15) is 0 Å². The van der Waals surface area contributed by atoms with Crippen LogP contribution in [0.4, 0.5) is 0 Å². The first kappa shape index (κ1) is 13.0. The molecule has 1 heterocycles. The van der Waals surface area contributed by atoms with Crippen LogP contribution in [0.1, 0.15) is 33.6 Å². The summed E-state index contributed by atoms with van der Waals surface area (Å²) >= 11 is 0. The summed E-state index contributed by atoms with van der Waals surface area (Å²) in [6.45, 7) is 5.99. The Bertz CT molecular complexity index is 276. The lowest BCUT2D eigenvalue weighted by Gasteiger charge is -2.19. The van der Waals surface area contributed by atoms with Crippen LogP contribution in [0.15, 0.2) is 0 Å². The lowest BCUT2D eigenvalue weighted by molar-refractivity contribution is -0.170. The van der Waals surface area contributed by atoms with Crippen LogP contribution in [0.25, 0.3) is 0 Å². The average molecular weight is 230 g/mol. The second-order valence-electron chi connectivity index (χ2n) is 3.65. The van der Waals surface area contributed by atoms with E-state index in [1.54, 1.807) is 13.8 Å². The van der Waals surface area contributed by atoms with Gasteiger partial charge in [-0.2, -0.15) is 0 Å². The summed E-state index contributed by atoms with van der Waals surface area (Å²) in [7, 11) is 0. The first-order chi connectivity index (χ1) is 7.60. The topological polar surface area (TPSA) is 61.8 Å². The molecule has 1 saturated heterocycles. The highest BCUT2D eigenvalue weighted by Crippen LogP contribution is 2.38. The summed E-state index contributed by atoms with van der Waals surface area (Å²) in [5.74, 6) is -1.04. The maximum atomic E-state index is 11.8. The van der Waals surface area contributed by atoms with Gasteiger partial charge in [-0.05, 0) is 20.3 Å². The predicted octanol–water partition coefficient (Wildman–Crippen LogP) is 1.26. The molecule has 0 N–H and O–H groups in total. The summed E-state index contributed by atoms with van der Waals surface area (Å²) < 4.78 is 15.1. The van der Waals surface area contributed by atoms with E-state index in [1.165, 1.54) is 0 Å². The molecule has 0 unspecified atom stereocenters. The number of esters is 2. The first-order valence-corrected chi connectivity index (χ1v) is 5.60. The minimum absolute atomic E-state index is 0.245. The van der Waals surface area contributed by atoms with Crippen molar-refractivity contribution in [1.82, 2.24) is 0 Å². The smallest absolute Gasteiger partial charge is 0.326 e.